The van der Waals surface area contributed by atoms with Crippen LogP contribution in [0.2, 0.25) is 0 Å². The Morgan fingerprint density at radius 1 is 1.32 bits per heavy atom. The summed E-state index contributed by atoms with van der Waals surface area (Å²) in [5.41, 5.74) is 5.90. The van der Waals surface area contributed by atoms with Crippen molar-refractivity contribution in [1.82, 2.24) is 4.90 Å². The fraction of sp³-hybridized carbons (Fsp3) is 0.857. The van der Waals surface area contributed by atoms with Crippen LogP contribution in [0.25, 0.3) is 0 Å². The molecule has 0 aliphatic carbocycles. The Bertz CT molecular complexity index is 280. The third-order valence-corrected chi connectivity index (χ3v) is 2.85. The molecule has 2 N–H and O–H groups in total. The lowest BCUT2D eigenvalue weighted by Crippen LogP contribution is -2.39. The minimum absolute atomic E-state index is 0.0264. The first-order valence-electron chi connectivity index (χ1n) is 7.00. The highest BCUT2D eigenvalue weighted by atomic mass is 16.5. The van der Waals surface area contributed by atoms with Crippen molar-refractivity contribution < 1.29 is 14.3 Å². The molecule has 5 heteroatoms. The summed E-state index contributed by atoms with van der Waals surface area (Å²) in [6, 6.07) is -0.0923. The number of methoxy groups -OCH3 is 1. The van der Waals surface area contributed by atoms with Gasteiger partial charge in [0.2, 0.25) is 5.91 Å². The molecule has 0 saturated carbocycles. The van der Waals surface area contributed by atoms with Gasteiger partial charge in [0.05, 0.1) is 13.5 Å². The van der Waals surface area contributed by atoms with Gasteiger partial charge in [-0.25, -0.2) is 0 Å². The average molecular weight is 272 g/mol. The summed E-state index contributed by atoms with van der Waals surface area (Å²) in [5.74, 6) is 0.0990. The van der Waals surface area contributed by atoms with Crippen LogP contribution in [0.3, 0.4) is 0 Å². The number of amides is 1. The molecule has 1 unspecified atom stereocenters. The van der Waals surface area contributed by atoms with E-state index in [-0.39, 0.29) is 24.3 Å². The maximum atomic E-state index is 12.2. The van der Waals surface area contributed by atoms with Crippen LogP contribution >= 0.6 is 0 Å². The molecule has 5 nitrogen and oxygen atoms in total. The molecule has 112 valence electrons. The topological polar surface area (TPSA) is 72.6 Å². The summed E-state index contributed by atoms with van der Waals surface area (Å²) >= 11 is 0. The summed E-state index contributed by atoms with van der Waals surface area (Å²) < 4.78 is 4.60. The molecule has 0 aromatic rings. The number of hydrogen-bond acceptors (Lipinski definition) is 4. The van der Waals surface area contributed by atoms with Gasteiger partial charge in [-0.05, 0) is 12.3 Å². The maximum absolute atomic E-state index is 12.2. The van der Waals surface area contributed by atoms with Gasteiger partial charge in [-0.1, -0.05) is 27.2 Å². The van der Waals surface area contributed by atoms with E-state index in [4.69, 9.17) is 5.73 Å². The third kappa shape index (κ3) is 8.59. The first-order valence-corrected chi connectivity index (χ1v) is 7.00. The van der Waals surface area contributed by atoms with Crippen LogP contribution in [0.4, 0.5) is 0 Å². The number of rotatable bonds is 9. The molecule has 0 fully saturated rings. The molecule has 0 spiro atoms. The SMILES string of the molecule is CCCC(N)CC(=O)N(CCC(=O)OC)CC(C)C. The fourth-order valence-corrected chi connectivity index (χ4v) is 1.91. The highest BCUT2D eigenvalue weighted by molar-refractivity contribution is 5.77. The number of nitrogens with zero attached hydrogens (tertiary/aromatic N) is 1. The molecule has 0 aliphatic heterocycles. The van der Waals surface area contributed by atoms with Gasteiger partial charge in [0.15, 0.2) is 0 Å². The Labute approximate surface area is 116 Å². The summed E-state index contributed by atoms with van der Waals surface area (Å²) in [5, 5.41) is 0. The zero-order valence-electron chi connectivity index (χ0n) is 12.6. The van der Waals surface area contributed by atoms with Crippen molar-refractivity contribution in [1.29, 1.82) is 0 Å². The van der Waals surface area contributed by atoms with Crippen LogP contribution < -0.4 is 5.73 Å². The van der Waals surface area contributed by atoms with Gasteiger partial charge in [-0.2, -0.15) is 0 Å². The van der Waals surface area contributed by atoms with Crippen LogP contribution in [0.15, 0.2) is 0 Å². The minimum atomic E-state index is -0.292. The van der Waals surface area contributed by atoms with Crippen LogP contribution in [-0.4, -0.2) is 43.0 Å². The average Bonchev–Trinajstić information content (AvgIpc) is 2.33. The smallest absolute Gasteiger partial charge is 0.307 e. The van der Waals surface area contributed by atoms with E-state index >= 15 is 0 Å². The lowest BCUT2D eigenvalue weighted by Gasteiger charge is -2.25. The number of carbonyl (C=O) groups is 2. The Morgan fingerprint density at radius 3 is 2.42 bits per heavy atom. The van der Waals surface area contributed by atoms with Gasteiger partial charge in [0.25, 0.3) is 0 Å². The van der Waals surface area contributed by atoms with E-state index in [9.17, 15) is 9.59 Å². The molecule has 1 amide bonds. The van der Waals surface area contributed by atoms with Crippen molar-refractivity contribution >= 4 is 11.9 Å². The van der Waals surface area contributed by atoms with E-state index in [0.29, 0.717) is 25.4 Å². The predicted molar refractivity (Wildman–Crippen MR) is 75.6 cm³/mol. The molecule has 1 atom stereocenters. The highest BCUT2D eigenvalue weighted by Gasteiger charge is 2.18. The number of ether oxygens (including phenoxy) is 1. The van der Waals surface area contributed by atoms with E-state index in [1.807, 2.05) is 20.8 Å². The Hall–Kier alpha value is -1.10. The molecule has 0 saturated heterocycles. The molecule has 0 radical (unpaired) electrons. The summed E-state index contributed by atoms with van der Waals surface area (Å²) in [4.78, 5) is 25.0. The second kappa shape index (κ2) is 9.78. The van der Waals surface area contributed by atoms with Crippen LogP contribution in [-0.2, 0) is 14.3 Å². The van der Waals surface area contributed by atoms with Crippen molar-refractivity contribution in [3.8, 4) is 0 Å². The number of carbonyl (C=O) groups excluding carboxylic acids is 2. The summed E-state index contributed by atoms with van der Waals surface area (Å²) in [6.45, 7) is 7.19. The Balaban J connectivity index is 4.38. The largest absolute Gasteiger partial charge is 0.469 e. The zero-order chi connectivity index (χ0) is 14.8. The van der Waals surface area contributed by atoms with Crippen molar-refractivity contribution in [3.05, 3.63) is 0 Å². The van der Waals surface area contributed by atoms with E-state index < -0.39 is 0 Å². The molecular formula is C14H28N2O3. The Morgan fingerprint density at radius 2 is 1.95 bits per heavy atom. The molecule has 0 heterocycles. The lowest BCUT2D eigenvalue weighted by molar-refractivity contribution is -0.142. The van der Waals surface area contributed by atoms with E-state index in [2.05, 4.69) is 4.74 Å². The van der Waals surface area contributed by atoms with Crippen molar-refractivity contribution in [2.45, 2.75) is 52.5 Å². The molecule has 19 heavy (non-hydrogen) atoms. The molecule has 0 rings (SSSR count). The second-order valence-corrected chi connectivity index (χ2v) is 5.31. The number of nitrogens with two attached hydrogens (primary N) is 1. The van der Waals surface area contributed by atoms with Crippen molar-refractivity contribution in [2.75, 3.05) is 20.2 Å². The molecule has 0 aromatic heterocycles. The third-order valence-electron chi connectivity index (χ3n) is 2.85. The van der Waals surface area contributed by atoms with Crippen LogP contribution in [0.5, 0.6) is 0 Å². The van der Waals surface area contributed by atoms with Crippen molar-refractivity contribution in [2.24, 2.45) is 11.7 Å². The lowest BCUT2D eigenvalue weighted by atomic mass is 10.1. The van der Waals surface area contributed by atoms with Crippen LogP contribution in [0.1, 0.15) is 46.5 Å². The van der Waals surface area contributed by atoms with E-state index in [1.165, 1.54) is 7.11 Å². The highest BCUT2D eigenvalue weighted by Crippen LogP contribution is 2.07. The van der Waals surface area contributed by atoms with Crippen LogP contribution in [0, 0.1) is 5.92 Å². The van der Waals surface area contributed by atoms with E-state index in [0.717, 1.165) is 12.8 Å². The number of esters is 1. The Kier molecular flexibility index (Phi) is 9.21. The number of hydrogen-bond donors (Lipinski definition) is 1. The maximum Gasteiger partial charge on any atom is 0.307 e. The van der Waals surface area contributed by atoms with Gasteiger partial charge >= 0.3 is 5.97 Å². The van der Waals surface area contributed by atoms with Gasteiger partial charge in [0, 0.05) is 25.6 Å². The monoisotopic (exact) mass is 272 g/mol. The van der Waals surface area contributed by atoms with E-state index in [1.54, 1.807) is 4.90 Å². The predicted octanol–water partition coefficient (Wildman–Crippen LogP) is 1.55. The van der Waals surface area contributed by atoms with Gasteiger partial charge in [-0.15, -0.1) is 0 Å². The molecule has 0 aliphatic rings. The minimum Gasteiger partial charge on any atom is -0.469 e. The fourth-order valence-electron chi connectivity index (χ4n) is 1.91. The second-order valence-electron chi connectivity index (χ2n) is 5.31. The summed E-state index contributed by atoms with van der Waals surface area (Å²) in [6.07, 6.45) is 2.40. The summed E-state index contributed by atoms with van der Waals surface area (Å²) in [7, 11) is 1.36. The molecule has 0 aromatic carbocycles. The molecular weight excluding hydrogens is 244 g/mol. The van der Waals surface area contributed by atoms with Gasteiger partial charge in [0.1, 0.15) is 0 Å². The standard InChI is InChI=1S/C14H28N2O3/c1-5-6-12(15)9-13(17)16(10-11(2)3)8-7-14(18)19-4/h11-12H,5-10,15H2,1-4H3. The van der Waals surface area contributed by atoms with Crippen molar-refractivity contribution in [3.63, 3.8) is 0 Å². The first kappa shape index (κ1) is 17.9. The van der Waals surface area contributed by atoms with Gasteiger partial charge < -0.3 is 15.4 Å². The first-order chi connectivity index (χ1) is 8.90. The normalized spacial score (nSPS) is 12.3. The van der Waals surface area contributed by atoms with Gasteiger partial charge in [-0.3, -0.25) is 9.59 Å². The molecule has 0 bridgehead atoms. The quantitative estimate of drug-likeness (QED) is 0.646. The zero-order valence-corrected chi connectivity index (χ0v) is 12.6.